The number of hydrogen-bond acceptors (Lipinski definition) is 3. The molecular formula is C19H15ClFN3OS. The van der Waals surface area contributed by atoms with Crippen molar-refractivity contribution in [2.24, 2.45) is 5.10 Å². The molecule has 2 aromatic carbocycles. The fourth-order valence-electron chi connectivity index (χ4n) is 2.20. The quantitative estimate of drug-likeness (QED) is 0.377. The third kappa shape index (κ3) is 4.91. The lowest BCUT2D eigenvalue weighted by Gasteiger charge is -2.06. The summed E-state index contributed by atoms with van der Waals surface area (Å²) >= 11 is 10.9. The SMILES string of the molecule is Fc1ccc(-c2ccc(/C=N/NC(=S)NCc3ccccc3)o2)cc1Cl. The molecule has 0 aliphatic rings. The van der Waals surface area contributed by atoms with Crippen molar-refractivity contribution in [2.75, 3.05) is 0 Å². The molecule has 7 heteroatoms. The van der Waals surface area contributed by atoms with Gasteiger partial charge in [0, 0.05) is 12.1 Å². The molecule has 0 radical (unpaired) electrons. The Morgan fingerprint density at radius 1 is 1.15 bits per heavy atom. The second kappa shape index (κ2) is 8.60. The Morgan fingerprint density at radius 2 is 1.96 bits per heavy atom. The van der Waals surface area contributed by atoms with Crippen LogP contribution in [0.3, 0.4) is 0 Å². The molecule has 0 unspecified atom stereocenters. The normalized spacial score (nSPS) is 10.8. The lowest BCUT2D eigenvalue weighted by atomic mass is 10.2. The first-order valence-electron chi connectivity index (χ1n) is 7.78. The van der Waals surface area contributed by atoms with Gasteiger partial charge in [-0.05, 0) is 48.1 Å². The van der Waals surface area contributed by atoms with Gasteiger partial charge in [-0.3, -0.25) is 5.43 Å². The first-order chi connectivity index (χ1) is 12.6. The number of nitrogens with zero attached hydrogens (tertiary/aromatic N) is 1. The number of benzene rings is 2. The molecule has 1 heterocycles. The van der Waals surface area contributed by atoms with Crippen LogP contribution in [0.25, 0.3) is 11.3 Å². The van der Waals surface area contributed by atoms with Crippen LogP contribution in [0.2, 0.25) is 5.02 Å². The Kier molecular flexibility index (Phi) is 5.99. The minimum atomic E-state index is -0.468. The van der Waals surface area contributed by atoms with Gasteiger partial charge in [0.2, 0.25) is 0 Å². The number of halogens is 2. The summed E-state index contributed by atoms with van der Waals surface area (Å²) in [4.78, 5) is 0. The van der Waals surface area contributed by atoms with E-state index in [0.717, 1.165) is 5.56 Å². The van der Waals surface area contributed by atoms with Crippen molar-refractivity contribution in [3.05, 3.63) is 82.8 Å². The van der Waals surface area contributed by atoms with Gasteiger partial charge in [-0.2, -0.15) is 5.10 Å². The summed E-state index contributed by atoms with van der Waals surface area (Å²) in [5.74, 6) is 0.626. The highest BCUT2D eigenvalue weighted by atomic mass is 35.5. The van der Waals surface area contributed by atoms with Crippen molar-refractivity contribution in [1.29, 1.82) is 0 Å². The fourth-order valence-corrected chi connectivity index (χ4v) is 2.50. The van der Waals surface area contributed by atoms with Crippen LogP contribution in [0.5, 0.6) is 0 Å². The van der Waals surface area contributed by atoms with Gasteiger partial charge in [0.15, 0.2) is 5.11 Å². The van der Waals surface area contributed by atoms with Gasteiger partial charge < -0.3 is 9.73 Å². The van der Waals surface area contributed by atoms with Gasteiger partial charge in [0.1, 0.15) is 17.3 Å². The third-order valence-electron chi connectivity index (χ3n) is 3.48. The monoisotopic (exact) mass is 387 g/mol. The summed E-state index contributed by atoms with van der Waals surface area (Å²) in [6.07, 6.45) is 1.51. The van der Waals surface area contributed by atoms with Crippen LogP contribution in [0.15, 0.2) is 70.2 Å². The highest BCUT2D eigenvalue weighted by Gasteiger charge is 2.07. The van der Waals surface area contributed by atoms with E-state index in [9.17, 15) is 4.39 Å². The maximum absolute atomic E-state index is 13.2. The summed E-state index contributed by atoms with van der Waals surface area (Å²) in [5.41, 5.74) is 4.53. The minimum absolute atomic E-state index is 0.0469. The van der Waals surface area contributed by atoms with E-state index in [4.69, 9.17) is 28.2 Å². The lowest BCUT2D eigenvalue weighted by Crippen LogP contribution is -2.31. The second-order valence-electron chi connectivity index (χ2n) is 5.37. The summed E-state index contributed by atoms with van der Waals surface area (Å²) in [7, 11) is 0. The van der Waals surface area contributed by atoms with Crippen LogP contribution in [0, 0.1) is 5.82 Å². The Labute approximate surface area is 160 Å². The van der Waals surface area contributed by atoms with Crippen LogP contribution in [0.1, 0.15) is 11.3 Å². The van der Waals surface area contributed by atoms with E-state index in [2.05, 4.69) is 15.8 Å². The summed E-state index contributed by atoms with van der Waals surface area (Å²) in [6.45, 7) is 0.610. The first-order valence-corrected chi connectivity index (χ1v) is 8.56. The molecule has 0 spiro atoms. The number of furan rings is 1. The number of thiocarbonyl (C=S) groups is 1. The molecule has 26 heavy (non-hydrogen) atoms. The Balaban J connectivity index is 1.53. The summed E-state index contributed by atoms with van der Waals surface area (Å²) < 4.78 is 18.9. The van der Waals surface area contributed by atoms with Crippen molar-refractivity contribution in [2.45, 2.75) is 6.54 Å². The molecule has 0 aliphatic heterocycles. The number of hydrogen-bond donors (Lipinski definition) is 2. The molecule has 4 nitrogen and oxygen atoms in total. The van der Waals surface area contributed by atoms with E-state index in [1.54, 1.807) is 18.2 Å². The average Bonchev–Trinajstić information content (AvgIpc) is 3.12. The Morgan fingerprint density at radius 3 is 2.73 bits per heavy atom. The topological polar surface area (TPSA) is 49.6 Å². The zero-order chi connectivity index (χ0) is 18.4. The zero-order valence-electron chi connectivity index (χ0n) is 13.6. The average molecular weight is 388 g/mol. The minimum Gasteiger partial charge on any atom is -0.455 e. The van der Waals surface area contributed by atoms with Crippen molar-refractivity contribution in [1.82, 2.24) is 10.7 Å². The predicted octanol–water partition coefficient (Wildman–Crippen LogP) is 4.74. The predicted molar refractivity (Wildman–Crippen MR) is 106 cm³/mol. The van der Waals surface area contributed by atoms with Gasteiger partial charge in [-0.15, -0.1) is 0 Å². The highest BCUT2D eigenvalue weighted by Crippen LogP contribution is 2.26. The lowest BCUT2D eigenvalue weighted by molar-refractivity contribution is 0.574. The van der Waals surface area contributed by atoms with Crippen molar-refractivity contribution in [3.63, 3.8) is 0 Å². The van der Waals surface area contributed by atoms with E-state index in [-0.39, 0.29) is 5.02 Å². The van der Waals surface area contributed by atoms with Crippen molar-refractivity contribution >= 4 is 35.1 Å². The maximum atomic E-state index is 13.2. The Bertz CT molecular complexity index is 928. The molecule has 0 bridgehead atoms. The van der Waals surface area contributed by atoms with E-state index < -0.39 is 5.82 Å². The smallest absolute Gasteiger partial charge is 0.187 e. The largest absolute Gasteiger partial charge is 0.455 e. The van der Waals surface area contributed by atoms with E-state index >= 15 is 0 Å². The zero-order valence-corrected chi connectivity index (χ0v) is 15.2. The van der Waals surface area contributed by atoms with Gasteiger partial charge in [0.25, 0.3) is 0 Å². The molecule has 3 rings (SSSR count). The van der Waals surface area contributed by atoms with Gasteiger partial charge in [0.05, 0.1) is 11.2 Å². The molecule has 3 aromatic rings. The molecule has 132 valence electrons. The number of nitrogens with one attached hydrogen (secondary N) is 2. The Hall–Kier alpha value is -2.70. The van der Waals surface area contributed by atoms with Crippen LogP contribution in [-0.2, 0) is 6.54 Å². The van der Waals surface area contributed by atoms with Crippen molar-refractivity contribution in [3.8, 4) is 11.3 Å². The molecule has 0 fully saturated rings. The molecular weight excluding hydrogens is 373 g/mol. The first kappa shape index (κ1) is 18.1. The molecule has 2 N–H and O–H groups in total. The molecule has 0 aliphatic carbocycles. The van der Waals surface area contributed by atoms with Gasteiger partial charge in [-0.25, -0.2) is 4.39 Å². The molecule has 1 aromatic heterocycles. The standard InChI is InChI=1S/C19H15ClFN3OS/c20-16-10-14(6-8-17(16)21)18-9-7-15(25-18)12-23-24-19(26)22-11-13-4-2-1-3-5-13/h1-10,12H,11H2,(H2,22,24,26)/b23-12+. The maximum Gasteiger partial charge on any atom is 0.187 e. The van der Waals surface area contributed by atoms with Gasteiger partial charge >= 0.3 is 0 Å². The molecule has 0 saturated carbocycles. The van der Waals surface area contributed by atoms with Gasteiger partial charge in [-0.1, -0.05) is 41.9 Å². The van der Waals surface area contributed by atoms with E-state index in [1.165, 1.54) is 18.3 Å². The number of rotatable bonds is 5. The second-order valence-corrected chi connectivity index (χ2v) is 6.18. The molecule has 0 saturated heterocycles. The fraction of sp³-hybridized carbons (Fsp3) is 0.0526. The molecule has 0 amide bonds. The van der Waals surface area contributed by atoms with E-state index in [1.807, 2.05) is 30.3 Å². The van der Waals surface area contributed by atoms with Crippen LogP contribution < -0.4 is 10.7 Å². The third-order valence-corrected chi connectivity index (χ3v) is 4.01. The van der Waals surface area contributed by atoms with Crippen LogP contribution in [-0.4, -0.2) is 11.3 Å². The molecule has 0 atom stereocenters. The highest BCUT2D eigenvalue weighted by molar-refractivity contribution is 7.80. The van der Waals surface area contributed by atoms with Crippen LogP contribution >= 0.6 is 23.8 Å². The van der Waals surface area contributed by atoms with E-state index in [0.29, 0.717) is 28.7 Å². The van der Waals surface area contributed by atoms with Crippen molar-refractivity contribution < 1.29 is 8.81 Å². The van der Waals surface area contributed by atoms with Crippen LogP contribution in [0.4, 0.5) is 4.39 Å². The summed E-state index contributed by atoms with van der Waals surface area (Å²) in [5, 5.41) is 7.54. The number of hydrazone groups is 1. The summed E-state index contributed by atoms with van der Waals surface area (Å²) in [6, 6.07) is 17.8.